The van der Waals surface area contributed by atoms with E-state index in [1.165, 1.54) is 12.8 Å². The zero-order valence-corrected chi connectivity index (χ0v) is 10.2. The fourth-order valence-electron chi connectivity index (χ4n) is 2.42. The van der Waals surface area contributed by atoms with E-state index in [2.05, 4.69) is 21.7 Å². The first-order valence-corrected chi connectivity index (χ1v) is 6.33. The van der Waals surface area contributed by atoms with Gasteiger partial charge in [0.15, 0.2) is 0 Å². The predicted molar refractivity (Wildman–Crippen MR) is 60.6 cm³/mol. The summed E-state index contributed by atoms with van der Waals surface area (Å²) in [4.78, 5) is 0. The molecule has 0 amide bonds. The molecule has 16 heavy (non-hydrogen) atoms. The van der Waals surface area contributed by atoms with E-state index in [1.807, 2.05) is 0 Å². The van der Waals surface area contributed by atoms with Crippen LogP contribution in [0.15, 0.2) is 0 Å². The Labute approximate surface area is 99.9 Å². The maximum Gasteiger partial charge on any atom is 0.225 e. The van der Waals surface area contributed by atoms with Crippen molar-refractivity contribution in [3.05, 3.63) is 11.1 Å². The van der Waals surface area contributed by atoms with Crippen LogP contribution in [0.25, 0.3) is 0 Å². The Bertz CT molecular complexity index is 383. The lowest BCUT2D eigenvalue weighted by Crippen LogP contribution is -2.19. The fourth-order valence-corrected chi connectivity index (χ4v) is 2.70. The van der Waals surface area contributed by atoms with Crippen LogP contribution in [-0.4, -0.2) is 28.0 Å². The minimum atomic E-state index is 0.348. The third kappa shape index (κ3) is 1.74. The molecule has 1 saturated heterocycles. The number of hydrogen-bond donors (Lipinski definition) is 0. The Hall–Kier alpha value is -0.610. The van der Waals surface area contributed by atoms with Gasteiger partial charge in [-0.25, -0.2) is 0 Å². The van der Waals surface area contributed by atoms with Gasteiger partial charge in [-0.1, -0.05) is 0 Å². The zero-order chi connectivity index (χ0) is 11.1. The van der Waals surface area contributed by atoms with Crippen LogP contribution < -0.4 is 0 Å². The fraction of sp³-hybridized carbons (Fsp3) is 0.818. The summed E-state index contributed by atoms with van der Waals surface area (Å²) in [6, 6.07) is 0.348. The molecule has 4 nitrogen and oxygen atoms in total. The normalized spacial score (nSPS) is 27.2. The summed E-state index contributed by atoms with van der Waals surface area (Å²) in [5, 5.41) is 8.75. The molecule has 0 radical (unpaired) electrons. The van der Waals surface area contributed by atoms with Crippen LogP contribution in [0.4, 0.5) is 0 Å². The first-order valence-electron chi connectivity index (χ1n) is 5.95. The average molecular weight is 242 g/mol. The van der Waals surface area contributed by atoms with Gasteiger partial charge in [0.05, 0.1) is 6.61 Å². The molecular formula is C11H16ClN3O. The molecule has 1 aromatic rings. The summed E-state index contributed by atoms with van der Waals surface area (Å²) < 4.78 is 7.54. The van der Waals surface area contributed by atoms with Crippen molar-refractivity contribution in [2.75, 3.05) is 13.2 Å². The minimum absolute atomic E-state index is 0.348. The van der Waals surface area contributed by atoms with E-state index >= 15 is 0 Å². The SMILES string of the molecule is CC(C1CCOC1)n1c(Cl)nnc1C1CC1. The standard InChI is InChI=1S/C11H16ClN3O/c1-7(9-4-5-16-6-9)15-10(8-2-3-8)13-14-11(15)12/h7-9H,2-6H2,1H3. The molecule has 2 aliphatic rings. The van der Waals surface area contributed by atoms with E-state index < -0.39 is 0 Å². The first-order chi connectivity index (χ1) is 7.77. The summed E-state index contributed by atoms with van der Waals surface area (Å²) in [5.41, 5.74) is 0. The van der Waals surface area contributed by atoms with Crippen LogP contribution in [0.5, 0.6) is 0 Å². The molecule has 0 N–H and O–H groups in total. The van der Waals surface area contributed by atoms with Gasteiger partial charge in [0, 0.05) is 24.5 Å². The number of halogens is 1. The number of hydrogen-bond acceptors (Lipinski definition) is 3. The quantitative estimate of drug-likeness (QED) is 0.816. The molecule has 2 atom stereocenters. The highest BCUT2D eigenvalue weighted by Gasteiger charge is 2.34. The van der Waals surface area contributed by atoms with E-state index in [0.717, 1.165) is 25.5 Å². The second kappa shape index (κ2) is 4.00. The lowest BCUT2D eigenvalue weighted by atomic mass is 10.0. The largest absolute Gasteiger partial charge is 0.381 e. The molecule has 88 valence electrons. The van der Waals surface area contributed by atoms with Crippen molar-refractivity contribution >= 4 is 11.6 Å². The van der Waals surface area contributed by atoms with Crippen LogP contribution in [0, 0.1) is 5.92 Å². The number of aromatic nitrogens is 3. The van der Waals surface area contributed by atoms with Crippen LogP contribution in [0.3, 0.4) is 0 Å². The van der Waals surface area contributed by atoms with Gasteiger partial charge >= 0.3 is 0 Å². The second-order valence-corrected chi connectivity index (χ2v) is 5.17. The zero-order valence-electron chi connectivity index (χ0n) is 9.40. The molecule has 2 heterocycles. The summed E-state index contributed by atoms with van der Waals surface area (Å²) >= 11 is 6.14. The summed E-state index contributed by atoms with van der Waals surface area (Å²) in [5.74, 6) is 2.21. The lowest BCUT2D eigenvalue weighted by Gasteiger charge is -2.21. The highest BCUT2D eigenvalue weighted by Crippen LogP contribution is 2.42. The van der Waals surface area contributed by atoms with Gasteiger partial charge in [0.25, 0.3) is 0 Å². The molecule has 0 spiro atoms. The van der Waals surface area contributed by atoms with E-state index in [1.54, 1.807) is 0 Å². The van der Waals surface area contributed by atoms with Crippen LogP contribution in [0.1, 0.15) is 44.0 Å². The molecule has 3 rings (SSSR count). The summed E-state index contributed by atoms with van der Waals surface area (Å²) in [6.07, 6.45) is 3.56. The molecule has 5 heteroatoms. The molecule has 1 saturated carbocycles. The molecule has 1 aliphatic carbocycles. The maximum absolute atomic E-state index is 6.14. The Balaban J connectivity index is 1.88. The molecular weight excluding hydrogens is 226 g/mol. The molecule has 0 bridgehead atoms. The highest BCUT2D eigenvalue weighted by atomic mass is 35.5. The minimum Gasteiger partial charge on any atom is -0.381 e. The van der Waals surface area contributed by atoms with E-state index in [0.29, 0.717) is 23.2 Å². The molecule has 1 aromatic heterocycles. The van der Waals surface area contributed by atoms with Crippen molar-refractivity contribution in [2.24, 2.45) is 5.92 Å². The summed E-state index contributed by atoms with van der Waals surface area (Å²) in [7, 11) is 0. The molecule has 0 aromatic carbocycles. The van der Waals surface area contributed by atoms with Crippen molar-refractivity contribution in [3.8, 4) is 0 Å². The Morgan fingerprint density at radius 1 is 1.38 bits per heavy atom. The molecule has 1 aliphatic heterocycles. The van der Waals surface area contributed by atoms with Crippen molar-refractivity contribution in [1.29, 1.82) is 0 Å². The molecule has 2 unspecified atom stereocenters. The number of ether oxygens (including phenoxy) is 1. The Morgan fingerprint density at radius 3 is 2.81 bits per heavy atom. The average Bonchev–Trinajstić information content (AvgIpc) is 2.84. The monoisotopic (exact) mass is 241 g/mol. The van der Waals surface area contributed by atoms with Gasteiger partial charge in [-0.15, -0.1) is 10.2 Å². The van der Waals surface area contributed by atoms with Crippen LogP contribution in [-0.2, 0) is 4.74 Å². The topological polar surface area (TPSA) is 39.9 Å². The van der Waals surface area contributed by atoms with Gasteiger partial charge < -0.3 is 4.74 Å². The Morgan fingerprint density at radius 2 is 2.19 bits per heavy atom. The van der Waals surface area contributed by atoms with Crippen LogP contribution in [0.2, 0.25) is 5.28 Å². The van der Waals surface area contributed by atoms with Gasteiger partial charge in [-0.05, 0) is 37.8 Å². The first kappa shape index (κ1) is 10.5. The van der Waals surface area contributed by atoms with Gasteiger partial charge in [-0.3, -0.25) is 4.57 Å². The molecule has 2 fully saturated rings. The van der Waals surface area contributed by atoms with Crippen molar-refractivity contribution in [3.63, 3.8) is 0 Å². The van der Waals surface area contributed by atoms with Crippen LogP contribution >= 0.6 is 11.6 Å². The maximum atomic E-state index is 6.14. The van der Waals surface area contributed by atoms with E-state index in [9.17, 15) is 0 Å². The number of nitrogens with zero attached hydrogens (tertiary/aromatic N) is 3. The van der Waals surface area contributed by atoms with Crippen molar-refractivity contribution in [2.45, 2.75) is 38.1 Å². The highest BCUT2D eigenvalue weighted by molar-refractivity contribution is 6.28. The predicted octanol–water partition coefficient (Wildman–Crippen LogP) is 2.41. The van der Waals surface area contributed by atoms with E-state index in [-0.39, 0.29) is 0 Å². The van der Waals surface area contributed by atoms with Crippen molar-refractivity contribution in [1.82, 2.24) is 14.8 Å². The number of rotatable bonds is 3. The van der Waals surface area contributed by atoms with Crippen molar-refractivity contribution < 1.29 is 4.74 Å². The smallest absolute Gasteiger partial charge is 0.225 e. The second-order valence-electron chi connectivity index (χ2n) is 4.84. The lowest BCUT2D eigenvalue weighted by molar-refractivity contribution is 0.174. The van der Waals surface area contributed by atoms with Gasteiger partial charge in [-0.2, -0.15) is 0 Å². The van der Waals surface area contributed by atoms with Gasteiger partial charge in [0.2, 0.25) is 5.28 Å². The third-order valence-corrected chi connectivity index (χ3v) is 3.94. The Kier molecular flexibility index (Phi) is 2.64. The van der Waals surface area contributed by atoms with E-state index in [4.69, 9.17) is 16.3 Å². The van der Waals surface area contributed by atoms with Gasteiger partial charge in [0.1, 0.15) is 5.82 Å². The summed E-state index contributed by atoms with van der Waals surface area (Å²) in [6.45, 7) is 3.90. The third-order valence-electron chi connectivity index (χ3n) is 3.68.